The number of nitro groups is 1. The monoisotopic (exact) mass is 195 g/mol. The predicted octanol–water partition coefficient (Wildman–Crippen LogP) is 2.56. The van der Waals surface area contributed by atoms with E-state index in [2.05, 4.69) is 0 Å². The number of aryl methyl sites for hydroxylation is 2. The topological polar surface area (TPSA) is 63.4 Å². The Morgan fingerprint density at radius 1 is 1.50 bits per heavy atom. The normalized spacial score (nSPS) is 10.1. The summed E-state index contributed by atoms with van der Waals surface area (Å²) >= 11 is 0. The van der Waals surface area contributed by atoms with Crippen molar-refractivity contribution in [2.24, 2.45) is 0 Å². The largest absolute Gasteiger partial charge is 0.508 e. The van der Waals surface area contributed by atoms with Gasteiger partial charge in [-0.3, -0.25) is 10.1 Å². The molecule has 14 heavy (non-hydrogen) atoms. The Morgan fingerprint density at radius 2 is 2.14 bits per heavy atom. The second kappa shape index (κ2) is 4.09. The van der Waals surface area contributed by atoms with E-state index in [4.69, 9.17) is 0 Å². The number of nitrogens with zero attached hydrogens (tertiary/aromatic N) is 1. The van der Waals surface area contributed by atoms with Crippen molar-refractivity contribution in [1.29, 1.82) is 0 Å². The van der Waals surface area contributed by atoms with Gasteiger partial charge in [-0.05, 0) is 25.5 Å². The lowest BCUT2D eigenvalue weighted by Gasteiger charge is -2.04. The second-order valence-electron chi connectivity index (χ2n) is 3.28. The highest BCUT2D eigenvalue weighted by atomic mass is 16.6. The summed E-state index contributed by atoms with van der Waals surface area (Å²) in [7, 11) is 0. The van der Waals surface area contributed by atoms with Crippen molar-refractivity contribution in [3.63, 3.8) is 0 Å². The minimum absolute atomic E-state index is 0.0940. The summed E-state index contributed by atoms with van der Waals surface area (Å²) in [4.78, 5) is 10.4. The molecule has 1 rings (SSSR count). The molecule has 0 bridgehead atoms. The molecule has 0 saturated carbocycles. The Balaban J connectivity index is 3.28. The van der Waals surface area contributed by atoms with Crippen LogP contribution in [0, 0.1) is 17.0 Å². The van der Waals surface area contributed by atoms with Gasteiger partial charge in [0.15, 0.2) is 0 Å². The van der Waals surface area contributed by atoms with Crippen molar-refractivity contribution in [1.82, 2.24) is 0 Å². The molecule has 1 aromatic carbocycles. The Morgan fingerprint density at radius 3 is 2.64 bits per heavy atom. The van der Waals surface area contributed by atoms with E-state index in [1.165, 1.54) is 12.1 Å². The van der Waals surface area contributed by atoms with Crippen molar-refractivity contribution < 1.29 is 10.0 Å². The molecule has 0 unspecified atom stereocenters. The van der Waals surface area contributed by atoms with Crippen molar-refractivity contribution in [3.05, 3.63) is 33.4 Å². The second-order valence-corrected chi connectivity index (χ2v) is 3.28. The zero-order valence-electron chi connectivity index (χ0n) is 8.28. The lowest BCUT2D eigenvalue weighted by Crippen LogP contribution is -1.98. The number of benzene rings is 1. The molecular formula is C10H13NO3. The van der Waals surface area contributed by atoms with Gasteiger partial charge < -0.3 is 5.11 Å². The number of rotatable bonds is 3. The van der Waals surface area contributed by atoms with Gasteiger partial charge in [0.05, 0.1) is 4.92 Å². The maximum atomic E-state index is 10.8. The fourth-order valence-corrected chi connectivity index (χ4v) is 1.55. The minimum Gasteiger partial charge on any atom is -0.508 e. The average Bonchev–Trinajstić information content (AvgIpc) is 2.01. The van der Waals surface area contributed by atoms with E-state index in [1.807, 2.05) is 6.92 Å². The van der Waals surface area contributed by atoms with Crippen LogP contribution >= 0.6 is 0 Å². The lowest BCUT2D eigenvalue weighted by atomic mass is 10.0. The molecular weight excluding hydrogens is 182 g/mol. The summed E-state index contributed by atoms with van der Waals surface area (Å²) in [5.74, 6) is 0.0940. The smallest absolute Gasteiger partial charge is 0.275 e. The van der Waals surface area contributed by atoms with E-state index in [0.717, 1.165) is 6.42 Å². The molecule has 0 atom stereocenters. The van der Waals surface area contributed by atoms with Crippen LogP contribution in [0.15, 0.2) is 12.1 Å². The Bertz CT molecular complexity index is 361. The third kappa shape index (κ3) is 2.02. The highest BCUT2D eigenvalue weighted by molar-refractivity contribution is 5.51. The quantitative estimate of drug-likeness (QED) is 0.595. The van der Waals surface area contributed by atoms with Gasteiger partial charge in [0, 0.05) is 11.1 Å². The van der Waals surface area contributed by atoms with Crippen LogP contribution in [0.1, 0.15) is 24.5 Å². The van der Waals surface area contributed by atoms with Gasteiger partial charge in [-0.15, -0.1) is 0 Å². The molecule has 0 spiro atoms. The van der Waals surface area contributed by atoms with E-state index in [9.17, 15) is 15.2 Å². The zero-order valence-corrected chi connectivity index (χ0v) is 8.28. The number of hydrogen-bond acceptors (Lipinski definition) is 3. The van der Waals surface area contributed by atoms with E-state index in [-0.39, 0.29) is 16.4 Å². The summed E-state index contributed by atoms with van der Waals surface area (Å²) in [5, 5.41) is 20.1. The number of aromatic hydroxyl groups is 1. The first-order valence-corrected chi connectivity index (χ1v) is 4.53. The fraction of sp³-hybridized carbons (Fsp3) is 0.400. The molecule has 0 saturated heterocycles. The van der Waals surface area contributed by atoms with Gasteiger partial charge in [-0.2, -0.15) is 0 Å². The van der Waals surface area contributed by atoms with Crippen LogP contribution in [0.5, 0.6) is 5.75 Å². The summed E-state index contributed by atoms with van der Waals surface area (Å²) in [6.07, 6.45) is 1.44. The van der Waals surface area contributed by atoms with Gasteiger partial charge in [0.2, 0.25) is 0 Å². The molecule has 76 valence electrons. The Labute approximate surface area is 82.3 Å². The number of nitro benzene ring substituents is 1. The molecule has 0 heterocycles. The van der Waals surface area contributed by atoms with Gasteiger partial charge in [-0.25, -0.2) is 0 Å². The summed E-state index contributed by atoms with van der Waals surface area (Å²) in [5.41, 5.74) is 1.25. The molecule has 1 aromatic rings. The highest BCUT2D eigenvalue weighted by Gasteiger charge is 2.17. The number of phenols is 1. The van der Waals surface area contributed by atoms with E-state index in [1.54, 1.807) is 6.92 Å². The van der Waals surface area contributed by atoms with Crippen molar-refractivity contribution in [2.45, 2.75) is 26.7 Å². The molecule has 0 radical (unpaired) electrons. The van der Waals surface area contributed by atoms with E-state index >= 15 is 0 Å². The SMILES string of the molecule is CCCc1cc(O)cc(C)c1[N+](=O)[O-]. The van der Waals surface area contributed by atoms with Crippen LogP contribution in [-0.2, 0) is 6.42 Å². The first-order chi connectivity index (χ1) is 6.56. The molecule has 0 aromatic heterocycles. The van der Waals surface area contributed by atoms with Crippen LogP contribution in [0.3, 0.4) is 0 Å². The molecule has 0 aliphatic heterocycles. The van der Waals surface area contributed by atoms with Gasteiger partial charge in [0.25, 0.3) is 5.69 Å². The fourth-order valence-electron chi connectivity index (χ4n) is 1.55. The molecule has 0 aliphatic carbocycles. The molecule has 4 nitrogen and oxygen atoms in total. The van der Waals surface area contributed by atoms with E-state index < -0.39 is 0 Å². The van der Waals surface area contributed by atoms with Crippen molar-refractivity contribution in [2.75, 3.05) is 0 Å². The van der Waals surface area contributed by atoms with Gasteiger partial charge >= 0.3 is 0 Å². The van der Waals surface area contributed by atoms with E-state index in [0.29, 0.717) is 17.5 Å². The highest BCUT2D eigenvalue weighted by Crippen LogP contribution is 2.28. The molecule has 0 fully saturated rings. The van der Waals surface area contributed by atoms with Crippen LogP contribution < -0.4 is 0 Å². The van der Waals surface area contributed by atoms with Crippen LogP contribution in [0.2, 0.25) is 0 Å². The van der Waals surface area contributed by atoms with Crippen LogP contribution in [0.4, 0.5) is 5.69 Å². The third-order valence-electron chi connectivity index (χ3n) is 2.07. The summed E-state index contributed by atoms with van der Waals surface area (Å²) in [6.45, 7) is 3.58. The Hall–Kier alpha value is -1.58. The predicted molar refractivity (Wildman–Crippen MR) is 53.5 cm³/mol. The molecule has 0 amide bonds. The molecule has 0 aliphatic rings. The van der Waals surface area contributed by atoms with Gasteiger partial charge in [-0.1, -0.05) is 13.3 Å². The Kier molecular flexibility index (Phi) is 3.06. The maximum absolute atomic E-state index is 10.8. The molecule has 4 heteroatoms. The first kappa shape index (κ1) is 10.5. The van der Waals surface area contributed by atoms with Crippen LogP contribution in [-0.4, -0.2) is 10.0 Å². The average molecular weight is 195 g/mol. The standard InChI is InChI=1S/C10H13NO3/c1-3-4-8-6-9(12)5-7(2)10(8)11(13)14/h5-6,12H,3-4H2,1-2H3. The minimum atomic E-state index is -0.389. The number of phenolic OH excluding ortho intramolecular Hbond substituents is 1. The van der Waals surface area contributed by atoms with Crippen LogP contribution in [0.25, 0.3) is 0 Å². The third-order valence-corrected chi connectivity index (χ3v) is 2.07. The zero-order chi connectivity index (χ0) is 10.7. The summed E-state index contributed by atoms with van der Waals surface area (Å²) < 4.78 is 0. The van der Waals surface area contributed by atoms with Crippen molar-refractivity contribution >= 4 is 5.69 Å². The maximum Gasteiger partial charge on any atom is 0.275 e. The van der Waals surface area contributed by atoms with Gasteiger partial charge in [0.1, 0.15) is 5.75 Å². The van der Waals surface area contributed by atoms with Crippen molar-refractivity contribution in [3.8, 4) is 5.75 Å². The number of hydrogen-bond donors (Lipinski definition) is 1. The first-order valence-electron chi connectivity index (χ1n) is 4.53. The molecule has 1 N–H and O–H groups in total. The lowest BCUT2D eigenvalue weighted by molar-refractivity contribution is -0.386. The summed E-state index contributed by atoms with van der Waals surface area (Å²) in [6, 6.07) is 2.88.